The molecule has 5 heteroatoms. The van der Waals surface area contributed by atoms with Gasteiger partial charge in [-0.3, -0.25) is 4.79 Å². The number of nitrogens with one attached hydrogen (secondary N) is 1. The van der Waals surface area contributed by atoms with Gasteiger partial charge in [-0.1, -0.05) is 13.8 Å². The highest BCUT2D eigenvalue weighted by Gasteiger charge is 2.15. The lowest BCUT2D eigenvalue weighted by Gasteiger charge is -2.18. The van der Waals surface area contributed by atoms with Gasteiger partial charge in [0.2, 0.25) is 0 Å². The fourth-order valence-corrected chi connectivity index (χ4v) is 2.18. The molecule has 0 saturated carbocycles. The first-order valence-corrected chi connectivity index (χ1v) is 6.81. The minimum Gasteiger partial charge on any atom is -0.507 e. The summed E-state index contributed by atoms with van der Waals surface area (Å²) >= 11 is 0. The van der Waals surface area contributed by atoms with Crippen molar-refractivity contribution in [3.8, 4) is 5.75 Å². The van der Waals surface area contributed by atoms with E-state index in [-0.39, 0.29) is 23.8 Å². The molecule has 1 rings (SSSR count). The minimum absolute atomic E-state index is 0.0543. The molecule has 0 heterocycles. The number of carbonyl (C=O) groups excluding carboxylic acids is 1. The molecule has 0 bridgehead atoms. The van der Waals surface area contributed by atoms with Gasteiger partial charge in [-0.25, -0.2) is 4.39 Å². The van der Waals surface area contributed by atoms with E-state index in [2.05, 4.69) is 19.2 Å². The molecule has 112 valence electrons. The number of hydrogen-bond donors (Lipinski definition) is 3. The van der Waals surface area contributed by atoms with Gasteiger partial charge >= 0.3 is 0 Å². The van der Waals surface area contributed by atoms with Crippen molar-refractivity contribution in [2.45, 2.75) is 26.7 Å². The SMILES string of the molecule is CC(C)CC(CCO)CNC(=O)c1ccc(F)cc1O. The van der Waals surface area contributed by atoms with Gasteiger partial charge in [-0.2, -0.15) is 0 Å². The first kappa shape index (κ1) is 16.4. The zero-order valence-corrected chi connectivity index (χ0v) is 11.9. The van der Waals surface area contributed by atoms with Gasteiger partial charge in [0, 0.05) is 19.2 Å². The number of aromatic hydroxyl groups is 1. The zero-order valence-electron chi connectivity index (χ0n) is 11.9. The van der Waals surface area contributed by atoms with Crippen LogP contribution in [-0.2, 0) is 0 Å². The third kappa shape index (κ3) is 5.17. The van der Waals surface area contributed by atoms with Crippen LogP contribution >= 0.6 is 0 Å². The van der Waals surface area contributed by atoms with E-state index in [9.17, 15) is 14.3 Å². The molecule has 1 atom stereocenters. The third-order valence-electron chi connectivity index (χ3n) is 3.10. The molecule has 0 saturated heterocycles. The number of carbonyl (C=O) groups is 1. The Morgan fingerprint density at radius 1 is 1.40 bits per heavy atom. The van der Waals surface area contributed by atoms with Crippen molar-refractivity contribution < 1.29 is 19.4 Å². The summed E-state index contributed by atoms with van der Waals surface area (Å²) in [7, 11) is 0. The van der Waals surface area contributed by atoms with Gasteiger partial charge in [-0.05, 0) is 36.8 Å². The lowest BCUT2D eigenvalue weighted by atomic mass is 9.94. The molecule has 0 aliphatic carbocycles. The zero-order chi connectivity index (χ0) is 15.1. The molecular weight excluding hydrogens is 261 g/mol. The molecule has 1 amide bonds. The molecule has 0 fully saturated rings. The van der Waals surface area contributed by atoms with Crippen molar-refractivity contribution in [1.82, 2.24) is 5.32 Å². The summed E-state index contributed by atoms with van der Waals surface area (Å²) in [5.74, 6) is -0.731. The monoisotopic (exact) mass is 283 g/mol. The fraction of sp³-hybridized carbons (Fsp3) is 0.533. The summed E-state index contributed by atoms with van der Waals surface area (Å²) in [4.78, 5) is 11.9. The lowest BCUT2D eigenvalue weighted by Crippen LogP contribution is -2.30. The minimum atomic E-state index is -0.586. The Morgan fingerprint density at radius 3 is 2.65 bits per heavy atom. The quantitative estimate of drug-likeness (QED) is 0.719. The van der Waals surface area contributed by atoms with Crippen LogP contribution in [0.2, 0.25) is 0 Å². The summed E-state index contributed by atoms with van der Waals surface area (Å²) < 4.78 is 12.8. The average Bonchev–Trinajstić information content (AvgIpc) is 2.35. The topological polar surface area (TPSA) is 69.6 Å². The van der Waals surface area contributed by atoms with Crippen LogP contribution in [0, 0.1) is 17.7 Å². The third-order valence-corrected chi connectivity index (χ3v) is 3.10. The Hall–Kier alpha value is -1.62. The van der Waals surface area contributed by atoms with Crippen LogP contribution in [0.1, 0.15) is 37.0 Å². The first-order chi connectivity index (χ1) is 9.43. The number of halogens is 1. The largest absolute Gasteiger partial charge is 0.507 e. The normalized spacial score (nSPS) is 12.4. The number of benzene rings is 1. The van der Waals surface area contributed by atoms with Crippen molar-refractivity contribution in [1.29, 1.82) is 0 Å². The maximum Gasteiger partial charge on any atom is 0.255 e. The molecule has 1 aromatic rings. The van der Waals surface area contributed by atoms with Crippen LogP contribution in [0.5, 0.6) is 5.75 Å². The van der Waals surface area contributed by atoms with Crippen LogP contribution in [0.25, 0.3) is 0 Å². The maximum atomic E-state index is 12.8. The molecule has 0 aromatic heterocycles. The van der Waals surface area contributed by atoms with Gasteiger partial charge in [0.05, 0.1) is 5.56 Å². The molecule has 1 unspecified atom stereocenters. The summed E-state index contributed by atoms with van der Waals surface area (Å²) in [5, 5.41) is 21.3. The van der Waals surface area contributed by atoms with E-state index in [1.807, 2.05) is 0 Å². The Morgan fingerprint density at radius 2 is 2.10 bits per heavy atom. The molecule has 4 nitrogen and oxygen atoms in total. The second-order valence-electron chi connectivity index (χ2n) is 5.38. The van der Waals surface area contributed by atoms with E-state index >= 15 is 0 Å². The summed E-state index contributed by atoms with van der Waals surface area (Å²) in [6.07, 6.45) is 1.52. The van der Waals surface area contributed by atoms with Crippen molar-refractivity contribution in [2.24, 2.45) is 11.8 Å². The van der Waals surface area contributed by atoms with E-state index in [1.54, 1.807) is 0 Å². The molecular formula is C15H22FNO3. The Bertz CT molecular complexity index is 449. The van der Waals surface area contributed by atoms with Crippen LogP contribution in [-0.4, -0.2) is 29.3 Å². The second kappa shape index (κ2) is 7.85. The number of rotatable bonds is 7. The maximum absolute atomic E-state index is 12.8. The van der Waals surface area contributed by atoms with E-state index in [0.717, 1.165) is 18.6 Å². The molecule has 0 aliphatic rings. The number of aliphatic hydroxyl groups is 1. The van der Waals surface area contributed by atoms with E-state index in [0.29, 0.717) is 18.9 Å². The van der Waals surface area contributed by atoms with Gasteiger partial charge in [0.1, 0.15) is 11.6 Å². The highest BCUT2D eigenvalue weighted by atomic mass is 19.1. The Balaban J connectivity index is 2.60. The number of phenols is 1. The molecule has 20 heavy (non-hydrogen) atoms. The summed E-state index contributed by atoms with van der Waals surface area (Å²) in [6, 6.07) is 3.30. The van der Waals surface area contributed by atoms with Crippen molar-refractivity contribution in [3.05, 3.63) is 29.6 Å². The highest BCUT2D eigenvalue weighted by molar-refractivity contribution is 5.96. The molecule has 3 N–H and O–H groups in total. The number of aliphatic hydroxyl groups excluding tert-OH is 1. The van der Waals surface area contributed by atoms with Gasteiger partial charge in [-0.15, -0.1) is 0 Å². The van der Waals surface area contributed by atoms with Crippen LogP contribution < -0.4 is 5.32 Å². The summed E-state index contributed by atoms with van der Waals surface area (Å²) in [5.41, 5.74) is 0.0543. The van der Waals surface area contributed by atoms with Crippen LogP contribution in [0.4, 0.5) is 4.39 Å². The Labute approximate surface area is 118 Å². The summed E-state index contributed by atoms with van der Waals surface area (Å²) in [6.45, 7) is 4.67. The van der Waals surface area contributed by atoms with E-state index < -0.39 is 11.7 Å². The highest BCUT2D eigenvalue weighted by Crippen LogP contribution is 2.19. The van der Waals surface area contributed by atoms with E-state index in [4.69, 9.17) is 5.11 Å². The molecule has 1 aromatic carbocycles. The van der Waals surface area contributed by atoms with Gasteiger partial charge in [0.15, 0.2) is 0 Å². The predicted molar refractivity (Wildman–Crippen MR) is 75.0 cm³/mol. The number of phenolic OH excluding ortho intramolecular Hbond substituents is 1. The Kier molecular flexibility index (Phi) is 6.45. The first-order valence-electron chi connectivity index (χ1n) is 6.81. The van der Waals surface area contributed by atoms with E-state index in [1.165, 1.54) is 6.07 Å². The predicted octanol–water partition coefficient (Wildman–Crippen LogP) is 2.31. The smallest absolute Gasteiger partial charge is 0.255 e. The standard InChI is InChI=1S/C15H22FNO3/c1-10(2)7-11(5-6-18)9-17-15(20)13-4-3-12(16)8-14(13)19/h3-4,8,10-11,18-19H,5-7,9H2,1-2H3,(H,17,20). The van der Waals surface area contributed by atoms with Gasteiger partial charge in [0.25, 0.3) is 5.91 Å². The van der Waals surface area contributed by atoms with Gasteiger partial charge < -0.3 is 15.5 Å². The fourth-order valence-electron chi connectivity index (χ4n) is 2.18. The average molecular weight is 283 g/mol. The second-order valence-corrected chi connectivity index (χ2v) is 5.38. The number of hydrogen-bond acceptors (Lipinski definition) is 3. The molecule has 0 radical (unpaired) electrons. The van der Waals surface area contributed by atoms with Crippen molar-refractivity contribution in [2.75, 3.05) is 13.2 Å². The molecule has 0 aliphatic heterocycles. The molecule has 0 spiro atoms. The van der Waals surface area contributed by atoms with Crippen LogP contribution in [0.15, 0.2) is 18.2 Å². The number of amides is 1. The lowest BCUT2D eigenvalue weighted by molar-refractivity contribution is 0.0938. The van der Waals surface area contributed by atoms with Crippen molar-refractivity contribution >= 4 is 5.91 Å². The van der Waals surface area contributed by atoms with Crippen LogP contribution in [0.3, 0.4) is 0 Å². The van der Waals surface area contributed by atoms with Crippen molar-refractivity contribution in [3.63, 3.8) is 0 Å².